The van der Waals surface area contributed by atoms with Gasteiger partial charge in [-0.25, -0.2) is 0 Å². The van der Waals surface area contributed by atoms with E-state index in [1.165, 1.54) is 0 Å². The number of likely N-dealkylation sites (N-methyl/N-ethyl adjacent to an activating group) is 1. The maximum atomic E-state index is 12.1. The van der Waals surface area contributed by atoms with Crippen LogP contribution in [0.2, 0.25) is 0 Å². The number of carbonyl (C=O) groups excluding carboxylic acids is 1. The Labute approximate surface area is 109 Å². The molecule has 0 aromatic heterocycles. The number of ether oxygens (including phenoxy) is 1. The molecule has 0 saturated heterocycles. The lowest BCUT2D eigenvalue weighted by Crippen LogP contribution is -2.46. The summed E-state index contributed by atoms with van der Waals surface area (Å²) in [6, 6.07) is 3.61. The molecule has 1 heterocycles. The van der Waals surface area contributed by atoms with Gasteiger partial charge in [0.05, 0.1) is 11.4 Å². The first kappa shape index (κ1) is 12.2. The first-order valence-corrected chi connectivity index (χ1v) is 6.24. The average Bonchev–Trinajstić information content (AvgIpc) is 2.23. The molecule has 0 saturated carbocycles. The molecule has 1 unspecified atom stereocenters. The molecule has 92 valence electrons. The largest absolute Gasteiger partial charge is 0.476 e. The van der Waals surface area contributed by atoms with Gasteiger partial charge in [-0.1, -0.05) is 29.8 Å². The molecule has 1 aromatic rings. The molecule has 1 aliphatic rings. The van der Waals surface area contributed by atoms with E-state index < -0.39 is 6.10 Å². The average molecular weight is 299 g/mol. The van der Waals surface area contributed by atoms with Crippen molar-refractivity contribution in [3.63, 3.8) is 0 Å². The second-order valence-electron chi connectivity index (χ2n) is 4.52. The van der Waals surface area contributed by atoms with Gasteiger partial charge in [-0.05, 0) is 18.1 Å². The lowest BCUT2D eigenvalue weighted by molar-refractivity contribution is -0.127. The fourth-order valence-electron chi connectivity index (χ4n) is 1.89. The van der Waals surface area contributed by atoms with Gasteiger partial charge in [0.25, 0.3) is 5.91 Å². The van der Waals surface area contributed by atoms with Crippen molar-refractivity contribution in [2.24, 2.45) is 5.92 Å². The number of rotatable bonds is 1. The maximum absolute atomic E-state index is 12.1. The van der Waals surface area contributed by atoms with Crippen LogP contribution in [-0.2, 0) is 4.79 Å². The summed E-state index contributed by atoms with van der Waals surface area (Å²) in [5, 5.41) is 0. The van der Waals surface area contributed by atoms with Crippen LogP contribution in [-0.4, -0.2) is 19.1 Å². The van der Waals surface area contributed by atoms with Crippen molar-refractivity contribution < 1.29 is 9.53 Å². The van der Waals surface area contributed by atoms with Gasteiger partial charge in [0.1, 0.15) is 0 Å². The summed E-state index contributed by atoms with van der Waals surface area (Å²) in [6.45, 7) is 3.91. The predicted octanol–water partition coefficient (Wildman–Crippen LogP) is 2.41. The normalized spacial score (nSPS) is 19.2. The summed E-state index contributed by atoms with van der Waals surface area (Å²) < 4.78 is 6.56. The molecule has 0 radical (unpaired) electrons. The predicted molar refractivity (Wildman–Crippen MR) is 71.2 cm³/mol. The Bertz CT molecular complexity index is 474. The standard InChI is InChI=1S/C12H15BrN2O2/c1-6(2)10-12(16)15(3)9-5-7(13)4-8(14)11(9)17-10/h4-6,10H,14H2,1-3H3. The minimum Gasteiger partial charge on any atom is -0.476 e. The Morgan fingerprint density at radius 2 is 2.12 bits per heavy atom. The summed E-state index contributed by atoms with van der Waals surface area (Å²) in [4.78, 5) is 13.7. The summed E-state index contributed by atoms with van der Waals surface area (Å²) >= 11 is 3.36. The Hall–Kier alpha value is -1.23. The topological polar surface area (TPSA) is 55.6 Å². The highest BCUT2D eigenvalue weighted by molar-refractivity contribution is 9.10. The number of anilines is 2. The zero-order valence-corrected chi connectivity index (χ0v) is 11.6. The van der Waals surface area contributed by atoms with Crippen molar-refractivity contribution in [3.05, 3.63) is 16.6 Å². The quantitative estimate of drug-likeness (QED) is 0.810. The van der Waals surface area contributed by atoms with Gasteiger partial charge in [-0.3, -0.25) is 4.79 Å². The number of hydrogen-bond donors (Lipinski definition) is 1. The van der Waals surface area contributed by atoms with Gasteiger partial charge in [0.15, 0.2) is 11.9 Å². The molecule has 0 spiro atoms. The summed E-state index contributed by atoms with van der Waals surface area (Å²) in [6.07, 6.45) is -0.462. The molecule has 1 amide bonds. The number of fused-ring (bicyclic) bond motifs is 1. The van der Waals surface area contributed by atoms with Gasteiger partial charge >= 0.3 is 0 Å². The van der Waals surface area contributed by atoms with Crippen molar-refractivity contribution in [1.29, 1.82) is 0 Å². The van der Waals surface area contributed by atoms with Gasteiger partial charge in [0, 0.05) is 11.5 Å². The lowest BCUT2D eigenvalue weighted by atomic mass is 10.0. The van der Waals surface area contributed by atoms with E-state index in [9.17, 15) is 4.79 Å². The molecule has 2 rings (SSSR count). The van der Waals surface area contributed by atoms with Crippen molar-refractivity contribution in [2.45, 2.75) is 20.0 Å². The van der Waals surface area contributed by atoms with E-state index in [0.717, 1.165) is 4.47 Å². The molecule has 1 atom stereocenters. The van der Waals surface area contributed by atoms with Gasteiger partial charge < -0.3 is 15.4 Å². The van der Waals surface area contributed by atoms with Crippen LogP contribution in [0.25, 0.3) is 0 Å². The highest BCUT2D eigenvalue weighted by atomic mass is 79.9. The monoisotopic (exact) mass is 298 g/mol. The number of nitrogens with two attached hydrogens (primary N) is 1. The lowest BCUT2D eigenvalue weighted by Gasteiger charge is -2.34. The van der Waals surface area contributed by atoms with E-state index in [4.69, 9.17) is 10.5 Å². The molecule has 1 aliphatic heterocycles. The molecule has 0 aliphatic carbocycles. The fraction of sp³-hybridized carbons (Fsp3) is 0.417. The molecule has 2 N–H and O–H groups in total. The smallest absolute Gasteiger partial charge is 0.268 e. The van der Waals surface area contributed by atoms with Crippen molar-refractivity contribution >= 4 is 33.2 Å². The van der Waals surface area contributed by atoms with E-state index in [1.807, 2.05) is 19.9 Å². The van der Waals surface area contributed by atoms with Crippen LogP contribution in [0.5, 0.6) is 5.75 Å². The molecule has 0 fully saturated rings. The summed E-state index contributed by atoms with van der Waals surface area (Å²) in [5.41, 5.74) is 7.17. The van der Waals surface area contributed by atoms with Crippen LogP contribution in [0.1, 0.15) is 13.8 Å². The molecular formula is C12H15BrN2O2. The highest BCUT2D eigenvalue weighted by Gasteiger charge is 2.35. The van der Waals surface area contributed by atoms with E-state index in [-0.39, 0.29) is 11.8 Å². The SMILES string of the molecule is CC(C)C1Oc2c(N)cc(Br)cc2N(C)C1=O. The zero-order chi connectivity index (χ0) is 12.7. The van der Waals surface area contributed by atoms with E-state index in [2.05, 4.69) is 15.9 Å². The number of carbonyl (C=O) groups is 1. The van der Waals surface area contributed by atoms with E-state index >= 15 is 0 Å². The van der Waals surface area contributed by atoms with Crippen molar-refractivity contribution in [1.82, 2.24) is 0 Å². The van der Waals surface area contributed by atoms with Crippen LogP contribution in [0, 0.1) is 5.92 Å². The molecule has 5 heteroatoms. The Morgan fingerprint density at radius 3 is 2.71 bits per heavy atom. The highest BCUT2D eigenvalue weighted by Crippen LogP contribution is 2.41. The minimum atomic E-state index is -0.462. The first-order valence-electron chi connectivity index (χ1n) is 5.45. The van der Waals surface area contributed by atoms with Crippen LogP contribution < -0.4 is 15.4 Å². The van der Waals surface area contributed by atoms with Crippen LogP contribution in [0.15, 0.2) is 16.6 Å². The molecule has 17 heavy (non-hydrogen) atoms. The minimum absolute atomic E-state index is 0.0370. The van der Waals surface area contributed by atoms with E-state index in [0.29, 0.717) is 17.1 Å². The van der Waals surface area contributed by atoms with Crippen LogP contribution in [0.4, 0.5) is 11.4 Å². The third-order valence-corrected chi connectivity index (χ3v) is 3.31. The Kier molecular flexibility index (Phi) is 3.03. The Balaban J connectivity index is 2.53. The van der Waals surface area contributed by atoms with Gasteiger partial charge in [-0.2, -0.15) is 0 Å². The number of amides is 1. The number of nitrogen functional groups attached to an aromatic ring is 1. The molecule has 0 bridgehead atoms. The van der Waals surface area contributed by atoms with Crippen LogP contribution >= 0.6 is 15.9 Å². The molecule has 4 nitrogen and oxygen atoms in total. The number of halogens is 1. The Morgan fingerprint density at radius 1 is 1.47 bits per heavy atom. The van der Waals surface area contributed by atoms with Crippen LogP contribution in [0.3, 0.4) is 0 Å². The second kappa shape index (κ2) is 4.22. The zero-order valence-electron chi connectivity index (χ0n) is 10.0. The van der Waals surface area contributed by atoms with Gasteiger partial charge in [0.2, 0.25) is 0 Å². The maximum Gasteiger partial charge on any atom is 0.268 e. The summed E-state index contributed by atoms with van der Waals surface area (Å²) in [5.74, 6) is 0.667. The molecule has 1 aromatic carbocycles. The number of nitrogens with zero attached hydrogens (tertiary/aromatic N) is 1. The summed E-state index contributed by atoms with van der Waals surface area (Å²) in [7, 11) is 1.74. The van der Waals surface area contributed by atoms with Crippen molar-refractivity contribution in [2.75, 3.05) is 17.7 Å². The van der Waals surface area contributed by atoms with E-state index in [1.54, 1.807) is 18.0 Å². The fourth-order valence-corrected chi connectivity index (χ4v) is 2.35. The number of hydrogen-bond acceptors (Lipinski definition) is 3. The van der Waals surface area contributed by atoms with Crippen molar-refractivity contribution in [3.8, 4) is 5.75 Å². The second-order valence-corrected chi connectivity index (χ2v) is 5.44. The number of benzene rings is 1. The first-order chi connectivity index (χ1) is 7.91. The van der Waals surface area contributed by atoms with Gasteiger partial charge in [-0.15, -0.1) is 0 Å². The third kappa shape index (κ3) is 1.99. The third-order valence-electron chi connectivity index (χ3n) is 2.85. The molecular weight excluding hydrogens is 284 g/mol.